The highest BCUT2D eigenvalue weighted by Gasteiger charge is 2.39. The number of hydrogen-bond donors (Lipinski definition) is 2. The van der Waals surface area contributed by atoms with Gasteiger partial charge in [-0.05, 0) is 61.1 Å². The summed E-state index contributed by atoms with van der Waals surface area (Å²) in [6.07, 6.45) is 6.78. The largest absolute Gasteiger partial charge is 0.352 e. The van der Waals surface area contributed by atoms with Gasteiger partial charge in [-0.2, -0.15) is 0 Å². The van der Waals surface area contributed by atoms with E-state index < -0.39 is 0 Å². The molecule has 0 unspecified atom stereocenters. The zero-order valence-electron chi connectivity index (χ0n) is 15.4. The van der Waals surface area contributed by atoms with Crippen LogP contribution in [0.4, 0.5) is 5.69 Å². The van der Waals surface area contributed by atoms with Crippen LogP contribution in [0.2, 0.25) is 0 Å². The van der Waals surface area contributed by atoms with Crippen LogP contribution in [-0.4, -0.2) is 11.8 Å². The molecule has 0 heterocycles. The molecular formula is C21H30N2O2. The van der Waals surface area contributed by atoms with Gasteiger partial charge in [-0.25, -0.2) is 0 Å². The molecule has 2 amide bonds. The first kappa shape index (κ1) is 18.0. The number of anilines is 1. The molecule has 0 saturated heterocycles. The minimum absolute atomic E-state index is 0.00472. The van der Waals surface area contributed by atoms with Crippen LogP contribution in [0.15, 0.2) is 24.3 Å². The average Bonchev–Trinajstić information content (AvgIpc) is 3.22. The number of nitrogens with one attached hydrogen (secondary N) is 2. The summed E-state index contributed by atoms with van der Waals surface area (Å²) in [5, 5.41) is 5.99. The van der Waals surface area contributed by atoms with E-state index in [-0.39, 0.29) is 17.7 Å². The van der Waals surface area contributed by atoms with Crippen molar-refractivity contribution in [1.82, 2.24) is 5.32 Å². The van der Waals surface area contributed by atoms with Crippen molar-refractivity contribution in [3.8, 4) is 0 Å². The normalized spacial score (nSPS) is 25.6. The van der Waals surface area contributed by atoms with Gasteiger partial charge in [0.25, 0.3) is 0 Å². The number of benzene rings is 1. The SMILES string of the molecule is CC[C@@H](C)C(=O)Nc1cccc(CNC(=O)C[C@@H]2C[C@H]3CC[C@H]2C3)c1. The quantitative estimate of drug-likeness (QED) is 0.783. The van der Waals surface area contributed by atoms with E-state index >= 15 is 0 Å². The molecular weight excluding hydrogens is 312 g/mol. The van der Waals surface area contributed by atoms with Crippen LogP contribution in [0.5, 0.6) is 0 Å². The highest BCUT2D eigenvalue weighted by atomic mass is 16.2. The summed E-state index contributed by atoms with van der Waals surface area (Å²) in [5.41, 5.74) is 1.81. The number of fused-ring (bicyclic) bond motifs is 2. The molecule has 2 aliphatic rings. The van der Waals surface area contributed by atoms with Crippen LogP contribution in [0, 0.1) is 23.7 Å². The third-order valence-corrected chi connectivity index (χ3v) is 6.08. The van der Waals surface area contributed by atoms with E-state index in [0.717, 1.165) is 29.5 Å². The number of amides is 2. The van der Waals surface area contributed by atoms with Crippen molar-refractivity contribution in [3.63, 3.8) is 0 Å². The summed E-state index contributed by atoms with van der Waals surface area (Å²) in [6, 6.07) is 7.74. The van der Waals surface area contributed by atoms with Crippen molar-refractivity contribution in [3.05, 3.63) is 29.8 Å². The van der Waals surface area contributed by atoms with Gasteiger partial charge in [0, 0.05) is 24.6 Å². The Morgan fingerprint density at radius 1 is 1.24 bits per heavy atom. The molecule has 0 aromatic heterocycles. The van der Waals surface area contributed by atoms with E-state index in [1.54, 1.807) is 0 Å². The summed E-state index contributed by atoms with van der Waals surface area (Å²) in [4.78, 5) is 24.3. The Labute approximate surface area is 150 Å². The molecule has 2 N–H and O–H groups in total. The van der Waals surface area contributed by atoms with E-state index in [4.69, 9.17) is 0 Å². The Kier molecular flexibility index (Phi) is 5.77. The number of carbonyl (C=O) groups excluding carboxylic acids is 2. The maximum absolute atomic E-state index is 12.3. The Hall–Kier alpha value is -1.84. The molecule has 1 aromatic rings. The molecule has 0 radical (unpaired) electrons. The van der Waals surface area contributed by atoms with Crippen LogP contribution >= 0.6 is 0 Å². The van der Waals surface area contributed by atoms with Gasteiger partial charge < -0.3 is 10.6 Å². The zero-order chi connectivity index (χ0) is 17.8. The van der Waals surface area contributed by atoms with Crippen molar-refractivity contribution in [2.75, 3.05) is 5.32 Å². The fraction of sp³-hybridized carbons (Fsp3) is 0.619. The lowest BCUT2D eigenvalue weighted by Crippen LogP contribution is -2.27. The molecule has 136 valence electrons. The summed E-state index contributed by atoms with van der Waals surface area (Å²) in [6.45, 7) is 4.45. The molecule has 0 aliphatic heterocycles. The summed E-state index contributed by atoms with van der Waals surface area (Å²) < 4.78 is 0. The minimum atomic E-state index is 0.00472. The Morgan fingerprint density at radius 2 is 2.08 bits per heavy atom. The maximum atomic E-state index is 12.3. The van der Waals surface area contributed by atoms with Crippen molar-refractivity contribution in [1.29, 1.82) is 0 Å². The first-order valence-corrected chi connectivity index (χ1v) is 9.71. The lowest BCUT2D eigenvalue weighted by molar-refractivity contribution is -0.122. The second kappa shape index (κ2) is 8.03. The van der Waals surface area contributed by atoms with Crippen molar-refractivity contribution in [2.24, 2.45) is 23.7 Å². The van der Waals surface area contributed by atoms with E-state index in [9.17, 15) is 9.59 Å². The molecule has 2 fully saturated rings. The van der Waals surface area contributed by atoms with Crippen LogP contribution in [0.1, 0.15) is 57.9 Å². The van der Waals surface area contributed by atoms with E-state index in [1.165, 1.54) is 25.7 Å². The van der Waals surface area contributed by atoms with E-state index in [2.05, 4.69) is 10.6 Å². The third kappa shape index (κ3) is 4.62. The molecule has 2 bridgehead atoms. The Morgan fingerprint density at radius 3 is 2.76 bits per heavy atom. The lowest BCUT2D eigenvalue weighted by atomic mass is 9.86. The molecule has 2 saturated carbocycles. The van der Waals surface area contributed by atoms with Crippen LogP contribution in [0.3, 0.4) is 0 Å². The zero-order valence-corrected chi connectivity index (χ0v) is 15.4. The second-order valence-corrected chi connectivity index (χ2v) is 7.91. The Balaban J connectivity index is 1.47. The number of carbonyl (C=O) groups is 2. The van der Waals surface area contributed by atoms with Gasteiger partial charge in [0.15, 0.2) is 0 Å². The van der Waals surface area contributed by atoms with Gasteiger partial charge in [0.05, 0.1) is 0 Å². The third-order valence-electron chi connectivity index (χ3n) is 6.08. The molecule has 25 heavy (non-hydrogen) atoms. The highest BCUT2D eigenvalue weighted by Crippen LogP contribution is 2.49. The van der Waals surface area contributed by atoms with Crippen LogP contribution in [-0.2, 0) is 16.1 Å². The topological polar surface area (TPSA) is 58.2 Å². The van der Waals surface area contributed by atoms with E-state index in [1.807, 2.05) is 38.1 Å². The van der Waals surface area contributed by atoms with Gasteiger partial charge in [0.1, 0.15) is 0 Å². The fourth-order valence-corrected chi connectivity index (χ4v) is 4.35. The van der Waals surface area contributed by atoms with Gasteiger partial charge in [-0.15, -0.1) is 0 Å². The maximum Gasteiger partial charge on any atom is 0.227 e. The predicted molar refractivity (Wildman–Crippen MR) is 99.9 cm³/mol. The smallest absolute Gasteiger partial charge is 0.227 e. The molecule has 3 rings (SSSR count). The second-order valence-electron chi connectivity index (χ2n) is 7.91. The van der Waals surface area contributed by atoms with Gasteiger partial charge >= 0.3 is 0 Å². The summed E-state index contributed by atoms with van der Waals surface area (Å²) >= 11 is 0. The van der Waals surface area contributed by atoms with Gasteiger partial charge in [0.2, 0.25) is 11.8 Å². The van der Waals surface area contributed by atoms with Crippen LogP contribution in [0.25, 0.3) is 0 Å². The predicted octanol–water partition coefficient (Wildman–Crippen LogP) is 4.11. The van der Waals surface area contributed by atoms with Crippen molar-refractivity contribution < 1.29 is 9.59 Å². The first-order valence-electron chi connectivity index (χ1n) is 9.71. The average molecular weight is 342 g/mol. The summed E-state index contributed by atoms with van der Waals surface area (Å²) in [5.74, 6) is 2.47. The molecule has 4 heteroatoms. The van der Waals surface area contributed by atoms with Gasteiger partial charge in [-0.1, -0.05) is 32.4 Å². The summed E-state index contributed by atoms with van der Waals surface area (Å²) in [7, 11) is 0. The molecule has 0 spiro atoms. The molecule has 1 aromatic carbocycles. The van der Waals surface area contributed by atoms with Crippen LogP contribution < -0.4 is 10.6 Å². The standard InChI is InChI=1S/C21H30N2O2/c1-3-14(2)21(25)23-19-6-4-5-16(11-19)13-22-20(24)12-18-10-15-7-8-17(18)9-15/h4-6,11,14-15,17-18H,3,7-10,12-13H2,1-2H3,(H,22,24)(H,23,25)/t14-,15+,17+,18+/m1/s1. The van der Waals surface area contributed by atoms with Crippen molar-refractivity contribution in [2.45, 2.75) is 58.9 Å². The van der Waals surface area contributed by atoms with Gasteiger partial charge in [-0.3, -0.25) is 9.59 Å². The molecule has 4 atom stereocenters. The van der Waals surface area contributed by atoms with Crippen molar-refractivity contribution >= 4 is 17.5 Å². The lowest BCUT2D eigenvalue weighted by Gasteiger charge is -2.21. The monoisotopic (exact) mass is 342 g/mol. The van der Waals surface area contributed by atoms with E-state index in [0.29, 0.717) is 18.9 Å². The number of rotatable bonds is 7. The highest BCUT2D eigenvalue weighted by molar-refractivity contribution is 5.92. The Bertz CT molecular complexity index is 628. The first-order chi connectivity index (χ1) is 12.0. The minimum Gasteiger partial charge on any atom is -0.352 e. The molecule has 4 nitrogen and oxygen atoms in total. The fourth-order valence-electron chi connectivity index (χ4n) is 4.35. The molecule has 2 aliphatic carbocycles. The number of hydrogen-bond acceptors (Lipinski definition) is 2.